The molecule has 8 nitrogen and oxygen atoms in total. The van der Waals surface area contributed by atoms with E-state index in [0.717, 1.165) is 25.9 Å². The summed E-state index contributed by atoms with van der Waals surface area (Å²) < 4.78 is 0. The lowest BCUT2D eigenvalue weighted by atomic mass is 10.0. The molecule has 4 atom stereocenters. The largest absolute Gasteiger partial charge is 0.480 e. The van der Waals surface area contributed by atoms with Gasteiger partial charge in [0, 0.05) is 25.9 Å². The van der Waals surface area contributed by atoms with Gasteiger partial charge < -0.3 is 20.4 Å². The molecule has 0 unspecified atom stereocenters. The van der Waals surface area contributed by atoms with Crippen molar-refractivity contribution in [3.8, 4) is 0 Å². The molecule has 0 bridgehead atoms. The first kappa shape index (κ1) is 48.8. The summed E-state index contributed by atoms with van der Waals surface area (Å²) in [6.45, 7) is 7.21. The molecule has 0 amide bonds. The van der Waals surface area contributed by atoms with Crippen LogP contribution in [0.2, 0.25) is 0 Å². The van der Waals surface area contributed by atoms with Gasteiger partial charge in [-0.25, -0.2) is 0 Å². The number of carbonyl (C=O) groups is 2. The van der Waals surface area contributed by atoms with E-state index in [1.807, 2.05) is 9.80 Å². The highest BCUT2D eigenvalue weighted by atomic mass is 16.4. The number of rotatable bonds is 34. The number of hydrogen-bond donors (Lipinski definition) is 4. The Morgan fingerprint density at radius 3 is 0.827 bits per heavy atom. The van der Waals surface area contributed by atoms with Crippen LogP contribution in [0.3, 0.4) is 0 Å². The Hall–Kier alpha value is -1.22. The van der Waals surface area contributed by atoms with E-state index in [-0.39, 0.29) is 0 Å². The summed E-state index contributed by atoms with van der Waals surface area (Å²) in [4.78, 5) is 26.2. The second-order valence-electron chi connectivity index (χ2n) is 16.4. The number of nitrogens with zero attached hydrogens (tertiary/aromatic N) is 2. The van der Waals surface area contributed by atoms with Gasteiger partial charge in [0.25, 0.3) is 0 Å². The summed E-state index contributed by atoms with van der Waals surface area (Å²) in [5, 5.41) is 37.6. The molecule has 2 heterocycles. The first-order chi connectivity index (χ1) is 25.3. The molecule has 0 aromatic heterocycles. The van der Waals surface area contributed by atoms with Crippen molar-refractivity contribution in [3.63, 3.8) is 0 Å². The standard InChI is InChI=1S/C23H45NO3.C21H41NO3/c1-2-3-4-5-6-7-8-9-10-11-12-13-14-15-16-17-18-24-20-21(25)19-22(24)23(26)27;1-2-3-4-5-6-7-8-9-10-11-12-13-14-15-16-22-18-19(23)17-20(22)21(24)25/h21-22,25H,2-20H2,1H3,(H,26,27);19-20,23H,2-18H2,1H3,(H,24,25)/t21-,22+;19-,20+/m11/s1. The quantitative estimate of drug-likeness (QED) is 0.0481. The minimum absolute atomic E-state index is 0.383. The summed E-state index contributed by atoms with van der Waals surface area (Å²) in [6, 6.07) is -0.951. The normalized spacial score (nSPS) is 20.7. The van der Waals surface area contributed by atoms with Gasteiger partial charge in [0.2, 0.25) is 0 Å². The molecule has 0 radical (unpaired) electrons. The van der Waals surface area contributed by atoms with Crippen LogP contribution in [0.5, 0.6) is 0 Å². The Labute approximate surface area is 320 Å². The van der Waals surface area contributed by atoms with Gasteiger partial charge in [0.05, 0.1) is 12.2 Å². The van der Waals surface area contributed by atoms with Crippen molar-refractivity contribution in [1.82, 2.24) is 9.80 Å². The second-order valence-corrected chi connectivity index (χ2v) is 16.4. The van der Waals surface area contributed by atoms with E-state index in [0.29, 0.717) is 25.9 Å². The third-order valence-electron chi connectivity index (χ3n) is 11.4. The molecule has 2 aliphatic rings. The molecule has 52 heavy (non-hydrogen) atoms. The van der Waals surface area contributed by atoms with E-state index in [9.17, 15) is 24.9 Å². The third kappa shape index (κ3) is 26.5. The van der Waals surface area contributed by atoms with Crippen molar-refractivity contribution in [2.45, 2.75) is 244 Å². The number of aliphatic carboxylic acids is 2. The molecule has 2 fully saturated rings. The number of β-amino-alcohol motifs (C(OH)–C–C–N with tert-alkyl or cyclic N) is 2. The number of aliphatic hydroxyl groups excluding tert-OH is 2. The number of likely N-dealkylation sites (tertiary alicyclic amines) is 2. The van der Waals surface area contributed by atoms with Gasteiger partial charge in [-0.05, 0) is 25.9 Å². The van der Waals surface area contributed by atoms with Gasteiger partial charge in [-0.1, -0.05) is 194 Å². The molecular weight excluding hydrogens is 652 g/mol. The number of unbranched alkanes of at least 4 members (excludes halogenated alkanes) is 28. The Bertz CT molecular complexity index is 829. The maximum atomic E-state index is 11.2. The van der Waals surface area contributed by atoms with Crippen LogP contribution in [-0.2, 0) is 9.59 Å². The summed E-state index contributed by atoms with van der Waals surface area (Å²) in [5.41, 5.74) is 0. The van der Waals surface area contributed by atoms with Crippen molar-refractivity contribution in [3.05, 3.63) is 0 Å². The van der Waals surface area contributed by atoms with Crippen LogP contribution in [-0.4, -0.2) is 92.6 Å². The minimum Gasteiger partial charge on any atom is -0.480 e. The van der Waals surface area contributed by atoms with Crippen LogP contribution in [0, 0.1) is 0 Å². The highest BCUT2D eigenvalue weighted by molar-refractivity contribution is 5.74. The average molecular weight is 739 g/mol. The summed E-state index contributed by atoms with van der Waals surface area (Å²) in [5.74, 6) is -1.58. The molecule has 2 aliphatic heterocycles. The van der Waals surface area contributed by atoms with Crippen LogP contribution in [0.25, 0.3) is 0 Å². The molecule has 0 aliphatic carbocycles. The molecule has 2 saturated heterocycles. The van der Waals surface area contributed by atoms with Crippen molar-refractivity contribution < 1.29 is 30.0 Å². The van der Waals surface area contributed by atoms with E-state index >= 15 is 0 Å². The topological polar surface area (TPSA) is 122 Å². The smallest absolute Gasteiger partial charge is 0.321 e. The SMILES string of the molecule is CCCCCCCCCCCCCCCCCCN1C[C@H](O)C[C@H]1C(=O)O.CCCCCCCCCCCCCCCCN1C[C@H](O)C[C@H]1C(=O)O. The number of carboxylic acids is 2. The Morgan fingerprint density at radius 1 is 0.404 bits per heavy atom. The van der Waals surface area contributed by atoms with Gasteiger partial charge in [-0.3, -0.25) is 19.4 Å². The maximum Gasteiger partial charge on any atom is 0.321 e. The highest BCUT2D eigenvalue weighted by Crippen LogP contribution is 2.21. The number of carboxylic acid groups (broad SMARTS) is 2. The first-order valence-electron chi connectivity index (χ1n) is 22.6. The third-order valence-corrected chi connectivity index (χ3v) is 11.4. The fourth-order valence-electron chi connectivity index (χ4n) is 8.14. The molecule has 0 aromatic carbocycles. The second kappa shape index (κ2) is 34.3. The van der Waals surface area contributed by atoms with Crippen molar-refractivity contribution in [2.24, 2.45) is 0 Å². The highest BCUT2D eigenvalue weighted by Gasteiger charge is 2.36. The van der Waals surface area contributed by atoms with Crippen molar-refractivity contribution >= 4 is 11.9 Å². The van der Waals surface area contributed by atoms with Gasteiger partial charge >= 0.3 is 11.9 Å². The Balaban J connectivity index is 0.000000522. The summed E-state index contributed by atoms with van der Waals surface area (Å²) in [6.07, 6.45) is 40.1. The fourth-order valence-corrected chi connectivity index (χ4v) is 8.14. The summed E-state index contributed by atoms with van der Waals surface area (Å²) >= 11 is 0. The monoisotopic (exact) mass is 739 g/mol. The molecular formula is C44H86N2O6. The van der Waals surface area contributed by atoms with Gasteiger partial charge in [-0.2, -0.15) is 0 Å². The number of aliphatic hydroxyl groups is 2. The van der Waals surface area contributed by atoms with Gasteiger partial charge in [0.15, 0.2) is 0 Å². The zero-order chi connectivity index (χ0) is 38.1. The fraction of sp³-hybridized carbons (Fsp3) is 0.955. The van der Waals surface area contributed by atoms with E-state index in [1.165, 1.54) is 180 Å². The Morgan fingerprint density at radius 2 is 0.615 bits per heavy atom. The lowest BCUT2D eigenvalue weighted by Gasteiger charge is -2.20. The molecule has 8 heteroatoms. The maximum absolute atomic E-state index is 11.2. The minimum atomic E-state index is -0.790. The predicted molar refractivity (Wildman–Crippen MR) is 217 cm³/mol. The summed E-state index contributed by atoms with van der Waals surface area (Å²) in [7, 11) is 0. The molecule has 0 saturated carbocycles. The number of hydrogen-bond acceptors (Lipinski definition) is 6. The van der Waals surface area contributed by atoms with Crippen LogP contribution in [0.1, 0.15) is 219 Å². The van der Waals surface area contributed by atoms with Gasteiger partial charge in [-0.15, -0.1) is 0 Å². The van der Waals surface area contributed by atoms with Crippen LogP contribution in [0.4, 0.5) is 0 Å². The van der Waals surface area contributed by atoms with E-state index in [1.54, 1.807) is 0 Å². The van der Waals surface area contributed by atoms with Crippen LogP contribution in [0.15, 0.2) is 0 Å². The van der Waals surface area contributed by atoms with E-state index in [2.05, 4.69) is 13.8 Å². The Kier molecular flexibility index (Phi) is 32.2. The van der Waals surface area contributed by atoms with Crippen molar-refractivity contribution in [1.29, 1.82) is 0 Å². The molecule has 308 valence electrons. The molecule has 4 N–H and O–H groups in total. The van der Waals surface area contributed by atoms with E-state index < -0.39 is 36.2 Å². The zero-order valence-electron chi connectivity index (χ0n) is 34.3. The molecule has 0 aromatic rings. The predicted octanol–water partition coefficient (Wildman–Crippen LogP) is 10.8. The molecule has 2 rings (SSSR count). The molecule has 0 spiro atoms. The average Bonchev–Trinajstić information content (AvgIpc) is 3.70. The lowest BCUT2D eigenvalue weighted by Crippen LogP contribution is -2.36. The zero-order valence-corrected chi connectivity index (χ0v) is 34.3. The van der Waals surface area contributed by atoms with Crippen LogP contribution < -0.4 is 0 Å². The first-order valence-corrected chi connectivity index (χ1v) is 22.6. The van der Waals surface area contributed by atoms with E-state index in [4.69, 9.17) is 5.11 Å². The van der Waals surface area contributed by atoms with Crippen molar-refractivity contribution in [2.75, 3.05) is 26.2 Å². The lowest BCUT2D eigenvalue weighted by molar-refractivity contribution is -0.143. The van der Waals surface area contributed by atoms with Gasteiger partial charge in [0.1, 0.15) is 12.1 Å². The van der Waals surface area contributed by atoms with Crippen LogP contribution >= 0.6 is 0 Å².